The molecule has 1 aromatic rings. The summed E-state index contributed by atoms with van der Waals surface area (Å²) in [6.45, 7) is 4.11. The lowest BCUT2D eigenvalue weighted by Gasteiger charge is -2.05. The van der Waals surface area contributed by atoms with Gasteiger partial charge in [0, 0.05) is 6.61 Å². The molecule has 0 unspecified atom stereocenters. The minimum Gasteiger partial charge on any atom is -0.462 e. The van der Waals surface area contributed by atoms with Gasteiger partial charge in [-0.3, -0.25) is 0 Å². The smallest absolute Gasteiger partial charge is 0.129 e. The summed E-state index contributed by atoms with van der Waals surface area (Å²) in [6.07, 6.45) is 0. The van der Waals surface area contributed by atoms with Gasteiger partial charge in [0.25, 0.3) is 0 Å². The van der Waals surface area contributed by atoms with Crippen LogP contribution in [0.25, 0.3) is 0 Å². The minimum absolute atomic E-state index is 0.573. The molecule has 0 spiro atoms. The van der Waals surface area contributed by atoms with E-state index in [-0.39, 0.29) is 0 Å². The Bertz CT molecular complexity index is 243. The van der Waals surface area contributed by atoms with Crippen molar-refractivity contribution in [3.05, 3.63) is 23.7 Å². The highest BCUT2D eigenvalue weighted by atomic mass is 16.5. The molecule has 0 aliphatic heterocycles. The summed E-state index contributed by atoms with van der Waals surface area (Å²) in [4.78, 5) is 2.07. The van der Waals surface area contributed by atoms with Gasteiger partial charge >= 0.3 is 0 Å². The molecule has 74 valence electrons. The summed E-state index contributed by atoms with van der Waals surface area (Å²) in [5.41, 5.74) is 0. The number of furan rings is 1. The SMILES string of the molecule is CCOCc1ccc(CN(C)C)o1. The monoisotopic (exact) mass is 183 g/mol. The van der Waals surface area contributed by atoms with E-state index in [0.717, 1.165) is 24.7 Å². The average Bonchev–Trinajstić information content (AvgIpc) is 2.48. The Labute approximate surface area is 79.3 Å². The molecule has 13 heavy (non-hydrogen) atoms. The third-order valence-electron chi connectivity index (χ3n) is 1.64. The number of hydrogen-bond donors (Lipinski definition) is 0. The van der Waals surface area contributed by atoms with Crippen molar-refractivity contribution >= 4 is 0 Å². The van der Waals surface area contributed by atoms with Crippen LogP contribution in [0.5, 0.6) is 0 Å². The molecule has 0 bridgehead atoms. The van der Waals surface area contributed by atoms with Gasteiger partial charge in [0.15, 0.2) is 0 Å². The predicted molar refractivity (Wildman–Crippen MR) is 51.4 cm³/mol. The molecule has 3 heteroatoms. The van der Waals surface area contributed by atoms with Crippen molar-refractivity contribution in [2.24, 2.45) is 0 Å². The van der Waals surface area contributed by atoms with Crippen molar-refractivity contribution in [2.75, 3.05) is 20.7 Å². The predicted octanol–water partition coefficient (Wildman–Crippen LogP) is 1.88. The lowest BCUT2D eigenvalue weighted by molar-refractivity contribution is 0.116. The third-order valence-corrected chi connectivity index (χ3v) is 1.64. The molecule has 3 nitrogen and oxygen atoms in total. The van der Waals surface area contributed by atoms with Crippen molar-refractivity contribution in [1.82, 2.24) is 4.90 Å². The van der Waals surface area contributed by atoms with Gasteiger partial charge in [0.2, 0.25) is 0 Å². The van der Waals surface area contributed by atoms with Crippen LogP contribution in [-0.4, -0.2) is 25.6 Å². The van der Waals surface area contributed by atoms with Crippen LogP contribution < -0.4 is 0 Å². The molecule has 1 heterocycles. The second-order valence-electron chi connectivity index (χ2n) is 3.24. The molecule has 0 atom stereocenters. The lowest BCUT2D eigenvalue weighted by atomic mass is 10.4. The Kier molecular flexibility index (Phi) is 3.99. The van der Waals surface area contributed by atoms with Crippen molar-refractivity contribution in [2.45, 2.75) is 20.1 Å². The Morgan fingerprint density at radius 1 is 1.31 bits per heavy atom. The molecular formula is C10H17NO2. The molecule has 0 saturated carbocycles. The first-order valence-corrected chi connectivity index (χ1v) is 4.52. The van der Waals surface area contributed by atoms with Crippen molar-refractivity contribution in [3.8, 4) is 0 Å². The second kappa shape index (κ2) is 5.04. The highest BCUT2D eigenvalue weighted by Crippen LogP contribution is 2.10. The molecule has 0 saturated heterocycles. The van der Waals surface area contributed by atoms with Crippen LogP contribution in [0.1, 0.15) is 18.4 Å². The maximum Gasteiger partial charge on any atom is 0.129 e. The van der Waals surface area contributed by atoms with Gasteiger partial charge in [0.1, 0.15) is 18.1 Å². The first-order valence-electron chi connectivity index (χ1n) is 4.52. The molecule has 0 N–H and O–H groups in total. The van der Waals surface area contributed by atoms with Crippen molar-refractivity contribution in [1.29, 1.82) is 0 Å². The molecule has 0 aliphatic rings. The summed E-state index contributed by atoms with van der Waals surface area (Å²) in [7, 11) is 4.04. The molecule has 1 rings (SSSR count). The van der Waals surface area contributed by atoms with E-state index in [2.05, 4.69) is 4.90 Å². The molecule has 0 radical (unpaired) electrons. The molecule has 1 aromatic heterocycles. The summed E-state index contributed by atoms with van der Waals surface area (Å²) >= 11 is 0. The van der Waals surface area contributed by atoms with Crippen LogP contribution in [0.2, 0.25) is 0 Å². The molecule has 0 aromatic carbocycles. The maximum atomic E-state index is 5.53. The van der Waals surface area contributed by atoms with E-state index in [1.807, 2.05) is 33.2 Å². The quantitative estimate of drug-likeness (QED) is 0.697. The second-order valence-corrected chi connectivity index (χ2v) is 3.24. The van der Waals surface area contributed by atoms with Gasteiger partial charge in [-0.25, -0.2) is 0 Å². The summed E-state index contributed by atoms with van der Waals surface area (Å²) in [6, 6.07) is 3.96. The third kappa shape index (κ3) is 3.61. The van der Waals surface area contributed by atoms with Crippen LogP contribution in [0.4, 0.5) is 0 Å². The largest absolute Gasteiger partial charge is 0.462 e. The number of ether oxygens (including phenoxy) is 1. The van der Waals surface area contributed by atoms with Crippen LogP contribution in [0.15, 0.2) is 16.5 Å². The Morgan fingerprint density at radius 2 is 2.00 bits per heavy atom. The van der Waals surface area contributed by atoms with Gasteiger partial charge in [0.05, 0.1) is 6.54 Å². The minimum atomic E-state index is 0.573. The highest BCUT2D eigenvalue weighted by Gasteiger charge is 2.02. The van der Waals surface area contributed by atoms with Gasteiger partial charge < -0.3 is 14.1 Å². The van der Waals surface area contributed by atoms with E-state index < -0.39 is 0 Å². The van der Waals surface area contributed by atoms with E-state index in [4.69, 9.17) is 9.15 Å². The Morgan fingerprint density at radius 3 is 2.62 bits per heavy atom. The summed E-state index contributed by atoms with van der Waals surface area (Å²) in [5.74, 6) is 1.89. The Hall–Kier alpha value is -0.800. The molecule has 0 amide bonds. The Balaban J connectivity index is 2.44. The average molecular weight is 183 g/mol. The van der Waals surface area contributed by atoms with Crippen LogP contribution in [0, 0.1) is 0 Å². The number of rotatable bonds is 5. The van der Waals surface area contributed by atoms with Gasteiger partial charge in [-0.05, 0) is 33.2 Å². The van der Waals surface area contributed by atoms with Gasteiger partial charge in [-0.1, -0.05) is 0 Å². The molecule has 0 aliphatic carbocycles. The molecular weight excluding hydrogens is 166 g/mol. The topological polar surface area (TPSA) is 25.6 Å². The normalized spacial score (nSPS) is 11.1. The van der Waals surface area contributed by atoms with Crippen molar-refractivity contribution < 1.29 is 9.15 Å². The van der Waals surface area contributed by atoms with Crippen molar-refractivity contribution in [3.63, 3.8) is 0 Å². The zero-order valence-electron chi connectivity index (χ0n) is 8.54. The zero-order valence-corrected chi connectivity index (χ0v) is 8.54. The van der Waals surface area contributed by atoms with E-state index in [1.165, 1.54) is 0 Å². The summed E-state index contributed by atoms with van der Waals surface area (Å²) < 4.78 is 10.8. The standard InChI is InChI=1S/C10H17NO2/c1-4-12-8-10-6-5-9(13-10)7-11(2)3/h5-6H,4,7-8H2,1-3H3. The fourth-order valence-electron chi connectivity index (χ4n) is 1.10. The van der Waals surface area contributed by atoms with E-state index in [9.17, 15) is 0 Å². The first kappa shape index (κ1) is 10.3. The van der Waals surface area contributed by atoms with Gasteiger partial charge in [-0.15, -0.1) is 0 Å². The van der Waals surface area contributed by atoms with Gasteiger partial charge in [-0.2, -0.15) is 0 Å². The van der Waals surface area contributed by atoms with Crippen LogP contribution >= 0.6 is 0 Å². The summed E-state index contributed by atoms with van der Waals surface area (Å²) in [5, 5.41) is 0. The highest BCUT2D eigenvalue weighted by molar-refractivity contribution is 5.06. The van der Waals surface area contributed by atoms with E-state index in [0.29, 0.717) is 6.61 Å². The zero-order chi connectivity index (χ0) is 9.68. The maximum absolute atomic E-state index is 5.53. The fraction of sp³-hybridized carbons (Fsp3) is 0.600. The number of nitrogens with zero attached hydrogens (tertiary/aromatic N) is 1. The number of hydrogen-bond acceptors (Lipinski definition) is 3. The first-order chi connectivity index (χ1) is 6.22. The fourth-order valence-corrected chi connectivity index (χ4v) is 1.10. The van der Waals surface area contributed by atoms with E-state index >= 15 is 0 Å². The van der Waals surface area contributed by atoms with Crippen LogP contribution in [-0.2, 0) is 17.9 Å². The lowest BCUT2D eigenvalue weighted by Crippen LogP contribution is -2.09. The van der Waals surface area contributed by atoms with E-state index in [1.54, 1.807) is 0 Å². The van der Waals surface area contributed by atoms with Crippen LogP contribution in [0.3, 0.4) is 0 Å². The molecule has 0 fully saturated rings.